The van der Waals surface area contributed by atoms with E-state index in [1.165, 1.54) is 30.3 Å². The molecule has 0 saturated carbocycles. The molecule has 0 atom stereocenters. The van der Waals surface area contributed by atoms with Gasteiger partial charge in [-0.05, 0) is 30.7 Å². The summed E-state index contributed by atoms with van der Waals surface area (Å²) in [7, 11) is -3.91. The number of nitrogens with zero attached hydrogens (tertiary/aromatic N) is 1. The Morgan fingerprint density at radius 2 is 1.89 bits per heavy atom. The summed E-state index contributed by atoms with van der Waals surface area (Å²) in [5.74, 6) is 0. The normalized spacial score (nSPS) is 11.1. The molecule has 2 aromatic rings. The number of hydrogen-bond donors (Lipinski definition) is 2. The zero-order valence-corrected chi connectivity index (χ0v) is 16.6. The van der Waals surface area contributed by atoms with Gasteiger partial charge in [0.15, 0.2) is 0 Å². The Hall–Kier alpha value is -2.40. The number of nitrogens with one attached hydrogen (secondary N) is 2. The molecule has 2 N–H and O–H groups in total. The van der Waals surface area contributed by atoms with Gasteiger partial charge in [-0.1, -0.05) is 29.3 Å². The third kappa shape index (κ3) is 6.34. The van der Waals surface area contributed by atoms with E-state index < -0.39 is 21.0 Å². The van der Waals surface area contributed by atoms with Gasteiger partial charge < -0.3 is 4.74 Å². The number of carbonyl (C=O) groups is 1. The standard InChI is InChI=1S/C16H15Cl2N3O6S/c17-14-6-5-11(9-15(14)18)20-16(22)27-8-2-7-19-28(25,26)13-4-1-3-12(10-13)21(23)24/h1,3-6,9-10,19H,2,7-8H2,(H,20,22). The molecule has 0 bridgehead atoms. The Labute approximate surface area is 170 Å². The number of rotatable bonds is 8. The van der Waals surface area contributed by atoms with Crippen LogP contribution in [0.1, 0.15) is 6.42 Å². The maximum absolute atomic E-state index is 12.1. The van der Waals surface area contributed by atoms with Crippen LogP contribution in [0, 0.1) is 10.1 Å². The maximum atomic E-state index is 12.1. The lowest BCUT2D eigenvalue weighted by Gasteiger charge is -2.09. The monoisotopic (exact) mass is 447 g/mol. The molecular formula is C16H15Cl2N3O6S. The highest BCUT2D eigenvalue weighted by molar-refractivity contribution is 7.89. The smallest absolute Gasteiger partial charge is 0.411 e. The lowest BCUT2D eigenvalue weighted by molar-refractivity contribution is -0.385. The summed E-state index contributed by atoms with van der Waals surface area (Å²) >= 11 is 11.6. The lowest BCUT2D eigenvalue weighted by Crippen LogP contribution is -2.26. The number of non-ortho nitro benzene ring substituents is 1. The van der Waals surface area contributed by atoms with E-state index in [0.29, 0.717) is 10.7 Å². The van der Waals surface area contributed by atoms with Crippen LogP contribution >= 0.6 is 23.2 Å². The van der Waals surface area contributed by atoms with Crippen molar-refractivity contribution >= 4 is 50.7 Å². The quantitative estimate of drug-likeness (QED) is 0.359. The van der Waals surface area contributed by atoms with Crippen LogP contribution in [0.2, 0.25) is 10.0 Å². The van der Waals surface area contributed by atoms with Gasteiger partial charge in [0.1, 0.15) is 0 Å². The van der Waals surface area contributed by atoms with E-state index in [4.69, 9.17) is 27.9 Å². The summed E-state index contributed by atoms with van der Waals surface area (Å²) in [5, 5.41) is 13.8. The van der Waals surface area contributed by atoms with E-state index in [1.807, 2.05) is 0 Å². The predicted octanol–water partition coefficient (Wildman–Crippen LogP) is 3.82. The minimum atomic E-state index is -3.91. The highest BCUT2D eigenvalue weighted by atomic mass is 35.5. The highest BCUT2D eigenvalue weighted by Gasteiger charge is 2.17. The van der Waals surface area contributed by atoms with Crippen molar-refractivity contribution in [2.45, 2.75) is 11.3 Å². The third-order valence-corrected chi connectivity index (χ3v) is 5.55. The van der Waals surface area contributed by atoms with Crippen molar-refractivity contribution in [1.82, 2.24) is 4.72 Å². The van der Waals surface area contributed by atoms with Crippen molar-refractivity contribution in [3.63, 3.8) is 0 Å². The first-order chi connectivity index (χ1) is 13.2. The van der Waals surface area contributed by atoms with Gasteiger partial charge in [0, 0.05) is 24.4 Å². The largest absolute Gasteiger partial charge is 0.449 e. The molecule has 12 heteroatoms. The summed E-state index contributed by atoms with van der Waals surface area (Å²) < 4.78 is 31.5. The number of ether oxygens (including phenoxy) is 1. The lowest BCUT2D eigenvalue weighted by atomic mass is 10.3. The van der Waals surface area contributed by atoms with Gasteiger partial charge in [0.25, 0.3) is 5.69 Å². The van der Waals surface area contributed by atoms with Crippen molar-refractivity contribution in [2.75, 3.05) is 18.5 Å². The van der Waals surface area contributed by atoms with E-state index >= 15 is 0 Å². The maximum Gasteiger partial charge on any atom is 0.411 e. The van der Waals surface area contributed by atoms with Crippen LogP contribution in [0.4, 0.5) is 16.2 Å². The molecule has 28 heavy (non-hydrogen) atoms. The fraction of sp³-hybridized carbons (Fsp3) is 0.188. The van der Waals surface area contributed by atoms with Crippen molar-refractivity contribution in [3.8, 4) is 0 Å². The number of carbonyl (C=O) groups excluding carboxylic acids is 1. The minimum Gasteiger partial charge on any atom is -0.449 e. The van der Waals surface area contributed by atoms with E-state index in [-0.39, 0.29) is 35.2 Å². The van der Waals surface area contributed by atoms with E-state index in [0.717, 1.165) is 6.07 Å². The minimum absolute atomic E-state index is 0.0227. The number of sulfonamides is 1. The zero-order chi connectivity index (χ0) is 20.7. The molecule has 1 amide bonds. The van der Waals surface area contributed by atoms with E-state index in [1.54, 1.807) is 6.07 Å². The molecule has 0 radical (unpaired) electrons. The molecule has 0 spiro atoms. The Balaban J connectivity index is 1.77. The second-order valence-electron chi connectivity index (χ2n) is 5.40. The van der Waals surface area contributed by atoms with Crippen LogP contribution in [0.5, 0.6) is 0 Å². The SMILES string of the molecule is O=C(Nc1ccc(Cl)c(Cl)c1)OCCCNS(=O)(=O)c1cccc([N+](=O)[O-])c1. The van der Waals surface area contributed by atoms with Gasteiger partial charge in [-0.25, -0.2) is 17.9 Å². The number of nitro groups is 1. The van der Waals surface area contributed by atoms with Crippen LogP contribution in [-0.4, -0.2) is 32.6 Å². The molecule has 0 unspecified atom stereocenters. The van der Waals surface area contributed by atoms with Gasteiger partial charge in [-0.3, -0.25) is 15.4 Å². The van der Waals surface area contributed by atoms with Crippen LogP contribution < -0.4 is 10.0 Å². The average molecular weight is 448 g/mol. The van der Waals surface area contributed by atoms with Crippen molar-refractivity contribution in [3.05, 3.63) is 62.6 Å². The molecule has 0 aliphatic carbocycles. The van der Waals surface area contributed by atoms with Crippen molar-refractivity contribution in [2.24, 2.45) is 0 Å². The molecule has 9 nitrogen and oxygen atoms in total. The molecular weight excluding hydrogens is 433 g/mol. The van der Waals surface area contributed by atoms with Crippen molar-refractivity contribution < 1.29 is 22.9 Å². The van der Waals surface area contributed by atoms with Crippen LogP contribution in [-0.2, 0) is 14.8 Å². The van der Waals surface area contributed by atoms with E-state index in [2.05, 4.69) is 10.0 Å². The predicted molar refractivity (Wildman–Crippen MR) is 104 cm³/mol. The summed E-state index contributed by atoms with van der Waals surface area (Å²) in [6.07, 6.45) is -0.539. The van der Waals surface area contributed by atoms with Crippen LogP contribution in [0.3, 0.4) is 0 Å². The molecule has 0 aliphatic heterocycles. The second-order valence-corrected chi connectivity index (χ2v) is 7.98. The molecule has 0 heterocycles. The molecule has 0 aromatic heterocycles. The molecule has 2 aromatic carbocycles. The molecule has 150 valence electrons. The van der Waals surface area contributed by atoms with Gasteiger partial charge >= 0.3 is 6.09 Å². The highest BCUT2D eigenvalue weighted by Crippen LogP contribution is 2.25. The fourth-order valence-electron chi connectivity index (χ4n) is 2.02. The van der Waals surface area contributed by atoms with Crippen molar-refractivity contribution in [1.29, 1.82) is 0 Å². The zero-order valence-electron chi connectivity index (χ0n) is 14.2. The van der Waals surface area contributed by atoms with Gasteiger partial charge in [-0.2, -0.15) is 0 Å². The van der Waals surface area contributed by atoms with Gasteiger partial charge in [0.05, 0.1) is 26.5 Å². The summed E-state index contributed by atoms with van der Waals surface area (Å²) in [6.45, 7) is -0.0737. The first kappa shape index (κ1) is 21.9. The Morgan fingerprint density at radius 1 is 1.14 bits per heavy atom. The van der Waals surface area contributed by atoms with Crippen LogP contribution in [0.25, 0.3) is 0 Å². The third-order valence-electron chi connectivity index (χ3n) is 3.35. The summed E-state index contributed by atoms with van der Waals surface area (Å²) in [5.41, 5.74) is 0.0657. The number of halogens is 2. The Bertz CT molecular complexity index is 984. The van der Waals surface area contributed by atoms with E-state index in [9.17, 15) is 23.3 Å². The Kier molecular flexibility index (Phi) is 7.58. The molecule has 0 saturated heterocycles. The summed E-state index contributed by atoms with van der Waals surface area (Å²) in [4.78, 5) is 21.5. The van der Waals surface area contributed by atoms with Crippen LogP contribution in [0.15, 0.2) is 47.4 Å². The number of hydrogen-bond acceptors (Lipinski definition) is 6. The fourth-order valence-corrected chi connectivity index (χ4v) is 3.43. The number of nitro benzene ring substituents is 1. The topological polar surface area (TPSA) is 128 Å². The molecule has 0 aliphatic rings. The van der Waals surface area contributed by atoms with Gasteiger partial charge in [-0.15, -0.1) is 0 Å². The average Bonchev–Trinajstić information content (AvgIpc) is 2.64. The first-order valence-corrected chi connectivity index (χ1v) is 10.1. The summed E-state index contributed by atoms with van der Waals surface area (Å²) in [6, 6.07) is 9.20. The second kappa shape index (κ2) is 9.69. The van der Waals surface area contributed by atoms with Gasteiger partial charge in [0.2, 0.25) is 10.0 Å². The number of anilines is 1. The number of amides is 1. The molecule has 0 fully saturated rings. The molecule has 2 rings (SSSR count). The number of benzene rings is 2. The Morgan fingerprint density at radius 3 is 2.57 bits per heavy atom. The first-order valence-electron chi connectivity index (χ1n) is 7.82.